The van der Waals surface area contributed by atoms with Gasteiger partial charge in [-0.05, 0) is 58.0 Å². The quantitative estimate of drug-likeness (QED) is 0.299. The van der Waals surface area contributed by atoms with Crippen LogP contribution in [-0.2, 0) is 4.79 Å². The van der Waals surface area contributed by atoms with Crippen molar-refractivity contribution in [2.75, 3.05) is 31.2 Å². The van der Waals surface area contributed by atoms with Crippen LogP contribution < -0.4 is 16.4 Å². The van der Waals surface area contributed by atoms with Gasteiger partial charge in [0.1, 0.15) is 23.4 Å². The summed E-state index contributed by atoms with van der Waals surface area (Å²) in [6.45, 7) is 5.12. The van der Waals surface area contributed by atoms with Crippen molar-refractivity contribution in [2.45, 2.75) is 38.3 Å². The number of carbonyl (C=O) groups is 1. The first-order valence-electron chi connectivity index (χ1n) is 13.0. The highest BCUT2D eigenvalue weighted by molar-refractivity contribution is 5.98. The van der Waals surface area contributed by atoms with Crippen LogP contribution in [0.2, 0.25) is 0 Å². The van der Waals surface area contributed by atoms with Gasteiger partial charge in [0.2, 0.25) is 5.91 Å². The largest absolute Gasteiger partial charge is 0.423 e. The Hall–Kier alpha value is -4.51. The van der Waals surface area contributed by atoms with E-state index < -0.39 is 5.54 Å². The molecule has 5 aromatic rings. The van der Waals surface area contributed by atoms with Gasteiger partial charge in [-0.15, -0.1) is 0 Å². The topological polar surface area (TPSA) is 140 Å². The summed E-state index contributed by atoms with van der Waals surface area (Å²) >= 11 is 0. The number of nitrogens with two attached hydrogens (primary N) is 1. The maximum Gasteiger partial charge on any atom is 0.300 e. The third-order valence-electron chi connectivity index (χ3n) is 7.48. The number of amides is 1. The van der Waals surface area contributed by atoms with Crippen LogP contribution in [0.1, 0.15) is 32.7 Å². The number of hydrogen-bond acceptors (Lipinski definition) is 9. The summed E-state index contributed by atoms with van der Waals surface area (Å²) in [6.07, 6.45) is 3.03. The second-order valence-electron chi connectivity index (χ2n) is 10.3. The molecule has 11 heteroatoms. The zero-order valence-electron chi connectivity index (χ0n) is 22.2. The lowest BCUT2D eigenvalue weighted by molar-refractivity contribution is -0.138. The van der Waals surface area contributed by atoms with Crippen molar-refractivity contribution in [1.29, 1.82) is 0 Å². The molecule has 0 saturated carbocycles. The predicted molar refractivity (Wildman–Crippen MR) is 150 cm³/mol. The van der Waals surface area contributed by atoms with Crippen molar-refractivity contribution < 1.29 is 9.21 Å². The Kier molecular flexibility index (Phi) is 6.15. The van der Waals surface area contributed by atoms with Crippen LogP contribution in [0.25, 0.3) is 33.4 Å². The number of nitrogens with zero attached hydrogens (tertiary/aromatic N) is 6. The summed E-state index contributed by atoms with van der Waals surface area (Å²) in [4.78, 5) is 28.1. The fourth-order valence-corrected chi connectivity index (χ4v) is 5.03. The Morgan fingerprint density at radius 2 is 1.82 bits per heavy atom. The number of carbonyl (C=O) groups excluding carboxylic acids is 1. The lowest BCUT2D eigenvalue weighted by atomic mass is 9.99. The maximum absolute atomic E-state index is 12.9. The zero-order valence-corrected chi connectivity index (χ0v) is 22.2. The zero-order chi connectivity index (χ0) is 27.1. The van der Waals surface area contributed by atoms with Crippen LogP contribution in [0.5, 0.6) is 0 Å². The van der Waals surface area contributed by atoms with Gasteiger partial charge in [0, 0.05) is 24.3 Å². The monoisotopic (exact) mass is 525 g/mol. The van der Waals surface area contributed by atoms with Gasteiger partial charge in [-0.1, -0.05) is 24.3 Å². The molecule has 4 N–H and O–H groups in total. The molecule has 0 bridgehead atoms. The van der Waals surface area contributed by atoms with Gasteiger partial charge < -0.3 is 25.7 Å². The van der Waals surface area contributed by atoms with Crippen LogP contribution in [0.15, 0.2) is 59.3 Å². The van der Waals surface area contributed by atoms with Crippen LogP contribution >= 0.6 is 0 Å². The predicted octanol–water partition coefficient (Wildman–Crippen LogP) is 4.12. The summed E-state index contributed by atoms with van der Waals surface area (Å²) < 4.78 is 7.74. The van der Waals surface area contributed by atoms with Crippen LogP contribution in [0.3, 0.4) is 0 Å². The van der Waals surface area contributed by atoms with Crippen molar-refractivity contribution in [3.8, 4) is 11.3 Å². The van der Waals surface area contributed by atoms with E-state index in [1.165, 1.54) is 6.33 Å². The number of nitrogen functional groups attached to an aromatic ring is 1. The van der Waals surface area contributed by atoms with E-state index >= 15 is 0 Å². The SMILES string of the molecule is CNC(C)(C)C(=O)N1CCC(n2nc(-c3ccc(Nc4nc5ccccc5o4)cc3)c3c(N)ncnc32)CC1. The lowest BCUT2D eigenvalue weighted by Gasteiger charge is -2.37. The maximum atomic E-state index is 12.9. The van der Waals surface area contributed by atoms with E-state index in [2.05, 4.69) is 25.6 Å². The molecule has 0 radical (unpaired) electrons. The average Bonchev–Trinajstić information content (AvgIpc) is 3.55. The molecule has 2 aromatic carbocycles. The number of para-hydroxylation sites is 2. The molecule has 200 valence electrons. The first-order valence-corrected chi connectivity index (χ1v) is 13.0. The Bertz CT molecular complexity index is 1610. The fourth-order valence-electron chi connectivity index (χ4n) is 5.03. The summed E-state index contributed by atoms with van der Waals surface area (Å²) in [5, 5.41) is 12.0. The molecule has 6 rings (SSSR count). The Morgan fingerprint density at radius 1 is 1.08 bits per heavy atom. The fraction of sp³-hybridized carbons (Fsp3) is 0.321. The molecule has 1 aliphatic heterocycles. The molecule has 0 unspecified atom stereocenters. The molecule has 1 amide bonds. The third-order valence-corrected chi connectivity index (χ3v) is 7.48. The van der Waals surface area contributed by atoms with Gasteiger partial charge in [0.15, 0.2) is 11.2 Å². The van der Waals surface area contributed by atoms with Gasteiger partial charge in [0.25, 0.3) is 6.01 Å². The lowest BCUT2D eigenvalue weighted by Crippen LogP contribution is -2.54. The highest BCUT2D eigenvalue weighted by Crippen LogP contribution is 2.35. The van der Waals surface area contributed by atoms with E-state index in [1.54, 1.807) is 0 Å². The molecule has 11 nitrogen and oxygen atoms in total. The van der Waals surface area contributed by atoms with Gasteiger partial charge in [-0.2, -0.15) is 10.1 Å². The Balaban J connectivity index is 1.25. The molecule has 1 fully saturated rings. The highest BCUT2D eigenvalue weighted by Gasteiger charge is 2.34. The number of aromatic nitrogens is 5. The van der Waals surface area contributed by atoms with Gasteiger partial charge in [-0.3, -0.25) is 4.79 Å². The number of nitrogens with one attached hydrogen (secondary N) is 2. The van der Waals surface area contributed by atoms with Crippen molar-refractivity contribution in [2.24, 2.45) is 0 Å². The number of hydrogen-bond donors (Lipinski definition) is 3. The summed E-state index contributed by atoms with van der Waals surface area (Å²) in [6, 6.07) is 16.0. The number of likely N-dealkylation sites (N-methyl/N-ethyl adjacent to an activating group) is 1. The molecule has 0 aliphatic carbocycles. The summed E-state index contributed by atoms with van der Waals surface area (Å²) in [5.41, 5.74) is 10.4. The molecule has 0 spiro atoms. The van der Waals surface area contributed by atoms with Crippen molar-refractivity contribution in [3.05, 3.63) is 54.9 Å². The molecule has 39 heavy (non-hydrogen) atoms. The number of oxazole rings is 1. The molecular weight excluding hydrogens is 494 g/mol. The van der Waals surface area contributed by atoms with Crippen LogP contribution in [0, 0.1) is 0 Å². The first-order chi connectivity index (χ1) is 18.8. The van der Waals surface area contributed by atoms with Gasteiger partial charge in [-0.25, -0.2) is 14.6 Å². The third kappa shape index (κ3) is 4.54. The van der Waals surface area contributed by atoms with Crippen molar-refractivity contribution in [3.63, 3.8) is 0 Å². The van der Waals surface area contributed by atoms with E-state index in [1.807, 2.05) is 79.0 Å². The van der Waals surface area contributed by atoms with E-state index in [4.69, 9.17) is 15.2 Å². The number of piperidine rings is 1. The van der Waals surface area contributed by atoms with E-state index in [9.17, 15) is 4.79 Å². The summed E-state index contributed by atoms with van der Waals surface area (Å²) in [5.74, 6) is 0.492. The normalized spacial score (nSPS) is 14.8. The second-order valence-corrected chi connectivity index (χ2v) is 10.3. The number of fused-ring (bicyclic) bond motifs is 2. The number of anilines is 3. The Morgan fingerprint density at radius 3 is 2.54 bits per heavy atom. The molecule has 0 atom stereocenters. The van der Waals surface area contributed by atoms with Crippen molar-refractivity contribution >= 4 is 45.6 Å². The van der Waals surface area contributed by atoms with E-state index in [0.29, 0.717) is 30.6 Å². The van der Waals surface area contributed by atoms with Gasteiger partial charge >= 0.3 is 0 Å². The molecule has 4 heterocycles. The molecule has 1 aliphatic rings. The molecule has 1 saturated heterocycles. The van der Waals surface area contributed by atoms with Gasteiger partial charge in [0.05, 0.1) is 17.0 Å². The number of rotatable bonds is 6. The average molecular weight is 526 g/mol. The van der Waals surface area contributed by atoms with Crippen LogP contribution in [-0.4, -0.2) is 61.2 Å². The smallest absolute Gasteiger partial charge is 0.300 e. The number of likely N-dealkylation sites (tertiary alicyclic amines) is 1. The standard InChI is InChI=1S/C28H31N9O2/c1-28(2,30-3)26(38)36-14-12-19(13-15-36)37-25-22(24(29)31-16-32-25)23(35-37)17-8-10-18(11-9-17)33-27-34-20-6-4-5-7-21(20)39-27/h4-11,16,19,30H,12-15H2,1-3H3,(H,33,34)(H2,29,31,32). The van der Waals surface area contributed by atoms with Crippen molar-refractivity contribution in [1.82, 2.24) is 34.9 Å². The number of benzene rings is 2. The van der Waals surface area contributed by atoms with E-state index in [0.717, 1.165) is 46.3 Å². The second kappa shape index (κ2) is 9.66. The van der Waals surface area contributed by atoms with Crippen LogP contribution in [0.4, 0.5) is 17.5 Å². The highest BCUT2D eigenvalue weighted by atomic mass is 16.4. The van der Waals surface area contributed by atoms with E-state index in [-0.39, 0.29) is 11.9 Å². The molecular formula is C28H31N9O2. The minimum Gasteiger partial charge on any atom is -0.423 e. The Labute approximate surface area is 225 Å². The summed E-state index contributed by atoms with van der Waals surface area (Å²) in [7, 11) is 1.81. The first kappa shape index (κ1) is 24.8. The minimum atomic E-state index is -0.596. The minimum absolute atomic E-state index is 0.0948. The molecule has 3 aromatic heterocycles.